The van der Waals surface area contributed by atoms with Gasteiger partial charge >= 0.3 is 0 Å². The maximum atomic E-state index is 13.5. The Kier molecular flexibility index (Phi) is 10.1. The zero-order valence-electron chi connectivity index (χ0n) is 25.7. The number of likely N-dealkylation sites (N-methyl/N-ethyl adjacent to an activating group) is 1. The standard InChI is InChI=1S/C34H41N7O3/c1-22-13-24(14-27(19-35)32(22)36-2)15-29-8-9-41(3)10-12-44-11-4-5-23-6-7-31(38-20-23)40-33(42)26-16-25-18-30(34(43)39-29)37-21-28(25)17-26/h4-7,13-14,18-21,26,29,35-36H,8-12,15-17H2,1-3H3,(H,39,43)(H,38,40,42)/b5-4+,35-19?/t26?,29-/m0/s1. The summed E-state index contributed by atoms with van der Waals surface area (Å²) in [5, 5.41) is 17.2. The lowest BCUT2D eigenvalue weighted by molar-refractivity contribution is -0.119. The molecule has 2 atom stereocenters. The average Bonchev–Trinajstić information content (AvgIpc) is 3.45. The second-order valence-corrected chi connectivity index (χ2v) is 11.6. The Morgan fingerprint density at radius 2 is 1.95 bits per heavy atom. The summed E-state index contributed by atoms with van der Waals surface area (Å²) in [6, 6.07) is 9.51. The number of nitrogens with one attached hydrogen (secondary N) is 4. The van der Waals surface area contributed by atoms with Gasteiger partial charge in [-0.15, -0.1) is 0 Å². The Morgan fingerprint density at radius 1 is 1.11 bits per heavy atom. The van der Waals surface area contributed by atoms with Crippen LogP contribution in [0.5, 0.6) is 0 Å². The molecule has 44 heavy (non-hydrogen) atoms. The minimum Gasteiger partial charge on any atom is -0.387 e. The summed E-state index contributed by atoms with van der Waals surface area (Å²) in [5.74, 6) is -0.0706. The highest BCUT2D eigenvalue weighted by molar-refractivity contribution is 5.94. The summed E-state index contributed by atoms with van der Waals surface area (Å²) in [6.07, 6.45) is 11.2. The molecule has 3 aliphatic rings. The van der Waals surface area contributed by atoms with Gasteiger partial charge in [0.15, 0.2) is 0 Å². The molecule has 0 saturated carbocycles. The first-order valence-electron chi connectivity index (χ1n) is 15.1. The van der Waals surface area contributed by atoms with Gasteiger partial charge in [-0.25, -0.2) is 4.98 Å². The highest BCUT2D eigenvalue weighted by Crippen LogP contribution is 2.28. The first-order chi connectivity index (χ1) is 21.3. The van der Waals surface area contributed by atoms with Gasteiger partial charge in [0.2, 0.25) is 5.91 Å². The quantitative estimate of drug-likeness (QED) is 0.337. The van der Waals surface area contributed by atoms with Crippen LogP contribution < -0.4 is 16.0 Å². The lowest BCUT2D eigenvalue weighted by atomic mass is 9.97. The van der Waals surface area contributed by atoms with E-state index in [2.05, 4.69) is 43.9 Å². The van der Waals surface area contributed by atoms with Gasteiger partial charge in [0.25, 0.3) is 5.91 Å². The number of nitrogens with zero attached hydrogens (tertiary/aromatic N) is 3. The van der Waals surface area contributed by atoms with Crippen LogP contribution in [0.2, 0.25) is 0 Å². The van der Waals surface area contributed by atoms with Crippen molar-refractivity contribution in [1.82, 2.24) is 20.2 Å². The fourth-order valence-corrected chi connectivity index (χ4v) is 5.90. The lowest BCUT2D eigenvalue weighted by Gasteiger charge is -2.23. The van der Waals surface area contributed by atoms with Crippen LogP contribution in [0, 0.1) is 18.3 Å². The number of hydrogen-bond acceptors (Lipinski definition) is 8. The van der Waals surface area contributed by atoms with E-state index in [-0.39, 0.29) is 23.8 Å². The number of rotatable bonds is 4. The van der Waals surface area contributed by atoms with Crippen molar-refractivity contribution in [3.8, 4) is 0 Å². The normalized spacial score (nSPS) is 20.6. The van der Waals surface area contributed by atoms with Gasteiger partial charge in [0.05, 0.1) is 13.2 Å². The summed E-state index contributed by atoms with van der Waals surface area (Å²) in [6.45, 7) is 4.61. The molecule has 1 unspecified atom stereocenters. The van der Waals surface area contributed by atoms with Gasteiger partial charge in [-0.3, -0.25) is 14.6 Å². The van der Waals surface area contributed by atoms with Gasteiger partial charge in [0, 0.05) is 55.4 Å². The minimum absolute atomic E-state index is 0.0946. The molecule has 1 aliphatic carbocycles. The van der Waals surface area contributed by atoms with Crippen molar-refractivity contribution in [3.05, 3.63) is 87.9 Å². The number of aryl methyl sites for hydroxylation is 1. The number of amides is 2. The number of hydrogen-bond donors (Lipinski definition) is 4. The molecule has 5 bridgehead atoms. The molecule has 0 fully saturated rings. The third-order valence-corrected chi connectivity index (χ3v) is 8.31. The average molecular weight is 596 g/mol. The first kappa shape index (κ1) is 31.0. The highest BCUT2D eigenvalue weighted by Gasteiger charge is 2.29. The van der Waals surface area contributed by atoms with Crippen molar-refractivity contribution in [1.29, 1.82) is 5.41 Å². The smallest absolute Gasteiger partial charge is 0.270 e. The molecular weight excluding hydrogens is 554 g/mol. The van der Waals surface area contributed by atoms with Crippen LogP contribution in [-0.4, -0.2) is 79.3 Å². The molecule has 10 heteroatoms. The van der Waals surface area contributed by atoms with Crippen molar-refractivity contribution in [3.63, 3.8) is 0 Å². The van der Waals surface area contributed by atoms with E-state index in [4.69, 9.17) is 10.1 Å². The molecule has 3 aromatic rings. The molecular formula is C34H41N7O3. The van der Waals surface area contributed by atoms with Crippen molar-refractivity contribution in [2.45, 2.75) is 38.6 Å². The number of carbonyl (C=O) groups excluding carboxylic acids is 2. The third kappa shape index (κ3) is 7.75. The zero-order valence-corrected chi connectivity index (χ0v) is 25.7. The maximum absolute atomic E-state index is 13.5. The molecule has 0 spiro atoms. The van der Waals surface area contributed by atoms with Gasteiger partial charge < -0.3 is 31.0 Å². The summed E-state index contributed by atoms with van der Waals surface area (Å²) < 4.78 is 5.81. The number of carbonyl (C=O) groups is 2. The maximum Gasteiger partial charge on any atom is 0.270 e. The molecule has 230 valence electrons. The number of anilines is 2. The van der Waals surface area contributed by atoms with E-state index in [0.717, 1.165) is 58.6 Å². The van der Waals surface area contributed by atoms with E-state index in [9.17, 15) is 9.59 Å². The lowest BCUT2D eigenvalue weighted by Crippen LogP contribution is -2.39. The predicted octanol–water partition coefficient (Wildman–Crippen LogP) is 3.88. The fourth-order valence-electron chi connectivity index (χ4n) is 5.90. The Balaban J connectivity index is 1.37. The van der Waals surface area contributed by atoms with Gasteiger partial charge in [-0.1, -0.05) is 18.2 Å². The number of benzene rings is 1. The van der Waals surface area contributed by atoms with Crippen molar-refractivity contribution < 1.29 is 14.3 Å². The van der Waals surface area contributed by atoms with E-state index >= 15 is 0 Å². The molecule has 4 heterocycles. The number of ether oxygens (including phenoxy) is 1. The topological polar surface area (TPSA) is 132 Å². The van der Waals surface area contributed by atoms with Gasteiger partial charge in [0.1, 0.15) is 11.5 Å². The van der Waals surface area contributed by atoms with E-state index in [1.165, 1.54) is 6.21 Å². The van der Waals surface area contributed by atoms with E-state index < -0.39 is 0 Å². The Labute approximate surface area is 258 Å². The first-order valence-corrected chi connectivity index (χ1v) is 15.1. The number of fused-ring (bicyclic) bond motifs is 13. The van der Waals surface area contributed by atoms with Crippen LogP contribution in [-0.2, 0) is 28.8 Å². The molecule has 0 saturated heterocycles. The number of aromatic nitrogens is 2. The molecule has 4 N–H and O–H groups in total. The molecule has 2 aromatic heterocycles. The van der Waals surface area contributed by atoms with Crippen molar-refractivity contribution in [2.24, 2.45) is 5.92 Å². The summed E-state index contributed by atoms with van der Waals surface area (Å²) in [4.78, 5) is 37.7. The van der Waals surface area contributed by atoms with Crippen LogP contribution in [0.25, 0.3) is 6.08 Å². The molecule has 10 nitrogen and oxygen atoms in total. The highest BCUT2D eigenvalue weighted by atomic mass is 16.5. The largest absolute Gasteiger partial charge is 0.387 e. The fraction of sp³-hybridized carbons (Fsp3) is 0.382. The van der Waals surface area contributed by atoms with Gasteiger partial charge in [-0.05, 0) is 98.3 Å². The summed E-state index contributed by atoms with van der Waals surface area (Å²) >= 11 is 0. The van der Waals surface area contributed by atoms with Crippen LogP contribution in [0.1, 0.15) is 50.3 Å². The number of pyridine rings is 2. The van der Waals surface area contributed by atoms with Crippen LogP contribution in [0.15, 0.2) is 48.8 Å². The molecule has 1 aromatic carbocycles. The van der Waals surface area contributed by atoms with E-state index in [1.54, 1.807) is 18.5 Å². The molecule has 2 amide bonds. The second kappa shape index (κ2) is 14.4. The van der Waals surface area contributed by atoms with E-state index in [0.29, 0.717) is 44.0 Å². The molecule has 0 radical (unpaired) electrons. The Morgan fingerprint density at radius 3 is 2.73 bits per heavy atom. The molecule has 2 aliphatic heterocycles. The SMILES string of the molecule is CNc1c(C)cc(C[C@@H]2CCN(C)CCOC/C=C/c3ccc(nc3)NC(=O)C3Cc4cnc(cc4C3)C(=O)N2)cc1C=N. The Bertz CT molecular complexity index is 1540. The van der Waals surface area contributed by atoms with Crippen LogP contribution >= 0.6 is 0 Å². The summed E-state index contributed by atoms with van der Waals surface area (Å²) in [7, 11) is 3.91. The zero-order chi connectivity index (χ0) is 31.1. The van der Waals surface area contributed by atoms with E-state index in [1.807, 2.05) is 44.3 Å². The third-order valence-electron chi connectivity index (χ3n) is 8.31. The van der Waals surface area contributed by atoms with Crippen molar-refractivity contribution >= 4 is 35.6 Å². The van der Waals surface area contributed by atoms with Crippen molar-refractivity contribution in [2.75, 3.05) is 51.0 Å². The summed E-state index contributed by atoms with van der Waals surface area (Å²) in [5.41, 5.74) is 7.10. The molecule has 6 rings (SSSR count). The second-order valence-electron chi connectivity index (χ2n) is 11.6. The predicted molar refractivity (Wildman–Crippen MR) is 174 cm³/mol. The van der Waals surface area contributed by atoms with Gasteiger partial charge in [-0.2, -0.15) is 0 Å². The Hall–Kier alpha value is -4.41. The van der Waals surface area contributed by atoms with Crippen LogP contribution in [0.4, 0.5) is 11.5 Å². The van der Waals surface area contributed by atoms with Crippen LogP contribution in [0.3, 0.4) is 0 Å². The minimum atomic E-state index is -0.250. The monoisotopic (exact) mass is 595 g/mol.